The number of carbonyl (C=O) groups excluding carboxylic acids is 1. The summed E-state index contributed by atoms with van der Waals surface area (Å²) in [6.45, 7) is 0. The van der Waals surface area contributed by atoms with Gasteiger partial charge in [-0.15, -0.1) is 11.8 Å². The van der Waals surface area contributed by atoms with Crippen LogP contribution in [0.25, 0.3) is 0 Å². The fourth-order valence-corrected chi connectivity index (χ4v) is 4.34. The van der Waals surface area contributed by atoms with Crippen LogP contribution in [-0.2, 0) is 6.42 Å². The second-order valence-electron chi connectivity index (χ2n) is 5.70. The molecule has 1 unspecified atom stereocenters. The number of carbonyl (C=O) groups is 1. The molecule has 2 aromatic rings. The molecule has 24 heavy (non-hydrogen) atoms. The lowest BCUT2D eigenvalue weighted by Crippen LogP contribution is -2.08. The molecule has 1 heterocycles. The first kappa shape index (κ1) is 16.8. The molecule has 0 aromatic heterocycles. The topological polar surface area (TPSA) is 35.5 Å². The van der Waals surface area contributed by atoms with Gasteiger partial charge in [-0.2, -0.15) is 0 Å². The van der Waals surface area contributed by atoms with E-state index in [1.807, 2.05) is 18.2 Å². The maximum Gasteiger partial charge on any atom is 0.164 e. The van der Waals surface area contributed by atoms with E-state index in [1.54, 1.807) is 32.0 Å². The van der Waals surface area contributed by atoms with Crippen molar-refractivity contribution in [3.63, 3.8) is 0 Å². The van der Waals surface area contributed by atoms with E-state index < -0.39 is 0 Å². The Bertz CT molecular complexity index is 760. The first-order valence-corrected chi connectivity index (χ1v) is 8.69. The summed E-state index contributed by atoms with van der Waals surface area (Å²) >= 11 is 1.57. The van der Waals surface area contributed by atoms with E-state index in [0.717, 1.165) is 29.1 Å². The fourth-order valence-electron chi connectivity index (χ4n) is 2.99. The maximum atomic E-state index is 13.6. The highest BCUT2D eigenvalue weighted by Gasteiger charge is 2.24. The summed E-state index contributed by atoms with van der Waals surface area (Å²) in [7, 11) is 3.23. The number of thioether (sulfide) groups is 1. The van der Waals surface area contributed by atoms with Gasteiger partial charge in [-0.05, 0) is 42.7 Å². The zero-order valence-corrected chi connectivity index (χ0v) is 14.5. The van der Waals surface area contributed by atoms with Crippen molar-refractivity contribution in [1.29, 1.82) is 0 Å². The van der Waals surface area contributed by atoms with Crippen LogP contribution in [0.3, 0.4) is 0 Å². The van der Waals surface area contributed by atoms with Crippen LogP contribution >= 0.6 is 11.8 Å². The summed E-state index contributed by atoms with van der Waals surface area (Å²) < 4.78 is 24.4. The summed E-state index contributed by atoms with van der Waals surface area (Å²) in [5, 5.41) is 0.179. The predicted molar refractivity (Wildman–Crippen MR) is 92.9 cm³/mol. The van der Waals surface area contributed by atoms with Crippen LogP contribution in [0.2, 0.25) is 0 Å². The molecular formula is C19H19FO3S. The van der Waals surface area contributed by atoms with Gasteiger partial charge in [-0.3, -0.25) is 4.79 Å². The molecule has 0 aliphatic carbocycles. The molecular weight excluding hydrogens is 327 g/mol. The Balaban J connectivity index is 1.88. The van der Waals surface area contributed by atoms with Gasteiger partial charge < -0.3 is 9.47 Å². The van der Waals surface area contributed by atoms with Crippen molar-refractivity contribution < 1.29 is 18.7 Å². The van der Waals surface area contributed by atoms with Gasteiger partial charge in [0.2, 0.25) is 0 Å². The molecule has 2 aromatic carbocycles. The van der Waals surface area contributed by atoms with E-state index in [9.17, 15) is 9.18 Å². The van der Waals surface area contributed by atoms with Crippen molar-refractivity contribution in [1.82, 2.24) is 0 Å². The number of hydrogen-bond donors (Lipinski definition) is 0. The van der Waals surface area contributed by atoms with E-state index in [0.29, 0.717) is 17.7 Å². The van der Waals surface area contributed by atoms with Crippen LogP contribution in [0.4, 0.5) is 4.39 Å². The lowest BCUT2D eigenvalue weighted by Gasteiger charge is -2.17. The van der Waals surface area contributed by atoms with E-state index in [4.69, 9.17) is 9.47 Å². The molecule has 1 aliphatic rings. The van der Waals surface area contributed by atoms with Gasteiger partial charge in [0.25, 0.3) is 0 Å². The smallest absolute Gasteiger partial charge is 0.164 e. The Morgan fingerprint density at radius 3 is 2.79 bits per heavy atom. The van der Waals surface area contributed by atoms with Crippen molar-refractivity contribution in [2.45, 2.75) is 29.4 Å². The van der Waals surface area contributed by atoms with Crippen LogP contribution < -0.4 is 9.47 Å². The first-order chi connectivity index (χ1) is 11.6. The third kappa shape index (κ3) is 3.41. The number of hydrogen-bond acceptors (Lipinski definition) is 4. The third-order valence-electron chi connectivity index (χ3n) is 4.16. The van der Waals surface area contributed by atoms with Crippen molar-refractivity contribution >= 4 is 17.5 Å². The molecule has 3 nitrogen and oxygen atoms in total. The molecule has 0 saturated carbocycles. The summed E-state index contributed by atoms with van der Waals surface area (Å²) in [4.78, 5) is 13.0. The highest BCUT2D eigenvalue weighted by atomic mass is 32.2. The van der Waals surface area contributed by atoms with Crippen molar-refractivity contribution in [2.24, 2.45) is 0 Å². The molecule has 1 atom stereocenters. The van der Waals surface area contributed by atoms with Gasteiger partial charge in [0.1, 0.15) is 5.82 Å². The standard InChI is InChI=1S/C19H19FO3S/c1-22-17-5-3-4-12(19(17)23-2)10-14-7-9-16(21)15-8-6-13(20)11-18(15)24-14/h3-6,8,11,14H,7,9-10H2,1-2H3. The average molecular weight is 346 g/mol. The molecule has 0 radical (unpaired) electrons. The molecule has 0 bridgehead atoms. The Hall–Kier alpha value is -2.01. The molecule has 5 heteroatoms. The summed E-state index contributed by atoms with van der Waals surface area (Å²) in [6.07, 6.45) is 1.96. The Kier molecular flexibility index (Phi) is 5.09. The number of benzene rings is 2. The lowest BCUT2D eigenvalue weighted by atomic mass is 10.0. The number of Topliss-reactive ketones (excluding diaryl/α,β-unsaturated/α-hetero) is 1. The van der Waals surface area contributed by atoms with E-state index >= 15 is 0 Å². The summed E-state index contributed by atoms with van der Waals surface area (Å²) in [5.41, 5.74) is 1.66. The number of fused-ring (bicyclic) bond motifs is 1. The van der Waals surface area contributed by atoms with Crippen molar-refractivity contribution in [3.8, 4) is 11.5 Å². The number of para-hydroxylation sites is 1. The van der Waals surface area contributed by atoms with Crippen molar-refractivity contribution in [2.75, 3.05) is 14.2 Å². The second kappa shape index (κ2) is 7.26. The Labute approximate surface area is 145 Å². The maximum absolute atomic E-state index is 13.6. The van der Waals surface area contributed by atoms with Crippen LogP contribution in [0.15, 0.2) is 41.3 Å². The van der Waals surface area contributed by atoms with E-state index in [2.05, 4.69) is 0 Å². The Morgan fingerprint density at radius 1 is 1.21 bits per heavy atom. The lowest BCUT2D eigenvalue weighted by molar-refractivity contribution is 0.0978. The largest absolute Gasteiger partial charge is 0.493 e. The molecule has 0 saturated heterocycles. The van der Waals surface area contributed by atoms with Crippen LogP contribution in [-0.4, -0.2) is 25.3 Å². The van der Waals surface area contributed by atoms with Gasteiger partial charge in [0.05, 0.1) is 14.2 Å². The predicted octanol–water partition coefficient (Wildman–Crippen LogP) is 4.52. The fraction of sp³-hybridized carbons (Fsp3) is 0.316. The zero-order valence-electron chi connectivity index (χ0n) is 13.7. The number of ether oxygens (including phenoxy) is 2. The molecule has 126 valence electrons. The third-order valence-corrected chi connectivity index (χ3v) is 5.49. The zero-order chi connectivity index (χ0) is 17.1. The summed E-state index contributed by atoms with van der Waals surface area (Å²) in [5.74, 6) is 1.18. The van der Waals surface area contributed by atoms with Crippen LogP contribution in [0.5, 0.6) is 11.5 Å². The summed E-state index contributed by atoms with van der Waals surface area (Å²) in [6, 6.07) is 10.2. The highest BCUT2D eigenvalue weighted by molar-refractivity contribution is 8.00. The quantitative estimate of drug-likeness (QED) is 0.815. The minimum Gasteiger partial charge on any atom is -0.493 e. The second-order valence-corrected chi connectivity index (χ2v) is 7.04. The molecule has 0 N–H and O–H groups in total. The molecule has 3 rings (SSSR count). The molecule has 0 fully saturated rings. The molecule has 0 amide bonds. The number of halogens is 1. The molecule has 0 spiro atoms. The van der Waals surface area contributed by atoms with Crippen molar-refractivity contribution in [3.05, 3.63) is 53.3 Å². The normalized spacial score (nSPS) is 17.1. The van der Waals surface area contributed by atoms with Gasteiger partial charge >= 0.3 is 0 Å². The number of methoxy groups -OCH3 is 2. The van der Waals surface area contributed by atoms with Gasteiger partial charge in [-0.25, -0.2) is 4.39 Å². The highest BCUT2D eigenvalue weighted by Crippen LogP contribution is 2.39. The van der Waals surface area contributed by atoms with Gasteiger partial charge in [0.15, 0.2) is 17.3 Å². The van der Waals surface area contributed by atoms with Gasteiger partial charge in [0, 0.05) is 22.1 Å². The number of ketones is 1. The average Bonchev–Trinajstić information content (AvgIpc) is 2.73. The monoisotopic (exact) mass is 346 g/mol. The number of rotatable bonds is 4. The molecule has 1 aliphatic heterocycles. The van der Waals surface area contributed by atoms with Crippen LogP contribution in [0.1, 0.15) is 28.8 Å². The minimum atomic E-state index is -0.311. The van der Waals surface area contributed by atoms with Crippen LogP contribution in [0, 0.1) is 5.82 Å². The SMILES string of the molecule is COc1cccc(CC2CCC(=O)c3ccc(F)cc3S2)c1OC. The van der Waals surface area contributed by atoms with E-state index in [1.165, 1.54) is 12.1 Å². The van der Waals surface area contributed by atoms with E-state index in [-0.39, 0.29) is 16.9 Å². The van der Waals surface area contributed by atoms with Gasteiger partial charge in [-0.1, -0.05) is 12.1 Å². The Morgan fingerprint density at radius 2 is 2.04 bits per heavy atom. The first-order valence-electron chi connectivity index (χ1n) is 7.81. The minimum absolute atomic E-state index is 0.0811.